The van der Waals surface area contributed by atoms with E-state index >= 15 is 0 Å². The van der Waals surface area contributed by atoms with Crippen molar-refractivity contribution in [3.05, 3.63) is 23.5 Å². The fourth-order valence-corrected chi connectivity index (χ4v) is 1.89. The first-order chi connectivity index (χ1) is 8.00. The molecule has 1 aromatic rings. The van der Waals surface area contributed by atoms with Gasteiger partial charge in [0.2, 0.25) is 0 Å². The summed E-state index contributed by atoms with van der Waals surface area (Å²) in [7, 11) is 0. The number of aromatic nitrogens is 2. The number of carbonyl (C=O) groups is 1. The van der Waals surface area contributed by atoms with Gasteiger partial charge in [-0.3, -0.25) is 4.79 Å². The van der Waals surface area contributed by atoms with Crippen molar-refractivity contribution in [2.45, 2.75) is 32.5 Å². The summed E-state index contributed by atoms with van der Waals surface area (Å²) in [4.78, 5) is 10.7. The second-order valence-corrected chi connectivity index (χ2v) is 5.01. The van der Waals surface area contributed by atoms with E-state index in [1.807, 2.05) is 0 Å². The van der Waals surface area contributed by atoms with Crippen LogP contribution < -0.4 is 0 Å². The minimum absolute atomic E-state index is 0.00168. The predicted octanol–water partition coefficient (Wildman–Crippen LogP) is 0.849. The van der Waals surface area contributed by atoms with E-state index in [1.54, 1.807) is 19.1 Å². The Bertz CT molecular complexity index is 369. The SMILES string of the molecule is CC(=O)SCCC(O)C(O)c1ccc(C)nn1. The van der Waals surface area contributed by atoms with E-state index in [0.717, 1.165) is 17.5 Å². The normalized spacial score (nSPS) is 14.4. The second kappa shape index (κ2) is 6.68. The first kappa shape index (κ1) is 14.1. The lowest BCUT2D eigenvalue weighted by Gasteiger charge is -2.16. The number of hydrogen-bond donors (Lipinski definition) is 2. The average molecular weight is 256 g/mol. The lowest BCUT2D eigenvalue weighted by molar-refractivity contribution is -0.109. The molecular weight excluding hydrogens is 240 g/mol. The van der Waals surface area contributed by atoms with Crippen LogP contribution in [0.1, 0.15) is 30.8 Å². The summed E-state index contributed by atoms with van der Waals surface area (Å²) >= 11 is 1.13. The third-order valence-corrected chi connectivity index (χ3v) is 3.05. The Morgan fingerprint density at radius 1 is 1.41 bits per heavy atom. The third-order valence-electron chi connectivity index (χ3n) is 2.20. The zero-order valence-electron chi connectivity index (χ0n) is 9.83. The smallest absolute Gasteiger partial charge is 0.185 e. The summed E-state index contributed by atoms with van der Waals surface area (Å²) < 4.78 is 0. The van der Waals surface area contributed by atoms with Crippen LogP contribution >= 0.6 is 11.8 Å². The van der Waals surface area contributed by atoms with E-state index in [4.69, 9.17) is 0 Å². The first-order valence-corrected chi connectivity index (χ1v) is 6.29. The van der Waals surface area contributed by atoms with Gasteiger partial charge < -0.3 is 10.2 Å². The molecule has 1 rings (SSSR count). The summed E-state index contributed by atoms with van der Waals surface area (Å²) in [6.45, 7) is 3.27. The van der Waals surface area contributed by atoms with E-state index < -0.39 is 12.2 Å². The van der Waals surface area contributed by atoms with Crippen molar-refractivity contribution in [1.82, 2.24) is 10.2 Å². The van der Waals surface area contributed by atoms with Gasteiger partial charge in [0, 0.05) is 12.7 Å². The zero-order chi connectivity index (χ0) is 12.8. The van der Waals surface area contributed by atoms with Crippen LogP contribution in [0, 0.1) is 6.92 Å². The molecule has 2 atom stereocenters. The van der Waals surface area contributed by atoms with Crippen LogP contribution in [0.4, 0.5) is 0 Å². The number of rotatable bonds is 5. The molecule has 94 valence electrons. The molecule has 0 fully saturated rings. The lowest BCUT2D eigenvalue weighted by atomic mass is 10.1. The van der Waals surface area contributed by atoms with Gasteiger partial charge in [0.1, 0.15) is 6.10 Å². The van der Waals surface area contributed by atoms with E-state index in [1.165, 1.54) is 6.92 Å². The van der Waals surface area contributed by atoms with Crippen molar-refractivity contribution in [2.24, 2.45) is 0 Å². The Kier molecular flexibility index (Phi) is 5.54. The van der Waals surface area contributed by atoms with E-state index in [0.29, 0.717) is 17.9 Å². The highest BCUT2D eigenvalue weighted by molar-refractivity contribution is 8.13. The van der Waals surface area contributed by atoms with Gasteiger partial charge in [-0.25, -0.2) is 0 Å². The molecule has 0 spiro atoms. The standard InChI is InChI=1S/C11H16N2O3S/c1-7-3-4-9(13-12-7)11(16)10(15)5-6-17-8(2)14/h3-4,10-11,15-16H,5-6H2,1-2H3. The molecule has 0 bridgehead atoms. The molecule has 17 heavy (non-hydrogen) atoms. The summed E-state index contributed by atoms with van der Waals surface area (Å²) in [5.41, 5.74) is 1.10. The highest BCUT2D eigenvalue weighted by atomic mass is 32.2. The van der Waals surface area contributed by atoms with Gasteiger partial charge in [0.25, 0.3) is 0 Å². The summed E-state index contributed by atoms with van der Waals surface area (Å²) in [6.07, 6.45) is -1.66. The van der Waals surface area contributed by atoms with E-state index in [2.05, 4.69) is 10.2 Å². The van der Waals surface area contributed by atoms with Crippen molar-refractivity contribution in [3.8, 4) is 0 Å². The predicted molar refractivity (Wildman–Crippen MR) is 65.5 cm³/mol. The second-order valence-electron chi connectivity index (χ2n) is 3.74. The Balaban J connectivity index is 2.48. The number of aliphatic hydroxyl groups excluding tert-OH is 2. The minimum atomic E-state index is -1.06. The van der Waals surface area contributed by atoms with Gasteiger partial charge >= 0.3 is 0 Å². The van der Waals surface area contributed by atoms with Gasteiger partial charge in [-0.1, -0.05) is 11.8 Å². The fraction of sp³-hybridized carbons (Fsp3) is 0.545. The van der Waals surface area contributed by atoms with Gasteiger partial charge in [0.15, 0.2) is 5.12 Å². The minimum Gasteiger partial charge on any atom is -0.390 e. The molecule has 6 heteroatoms. The summed E-state index contributed by atoms with van der Waals surface area (Å²) in [5.74, 6) is 0.479. The monoisotopic (exact) mass is 256 g/mol. The van der Waals surface area contributed by atoms with Crippen molar-refractivity contribution >= 4 is 16.9 Å². The maximum absolute atomic E-state index is 10.7. The Labute approximate surface area is 104 Å². The molecule has 2 unspecified atom stereocenters. The molecule has 1 aromatic heterocycles. The number of aliphatic hydroxyl groups is 2. The third kappa shape index (κ3) is 4.80. The molecule has 0 aromatic carbocycles. The average Bonchev–Trinajstić information content (AvgIpc) is 2.28. The van der Waals surface area contributed by atoms with Crippen LogP contribution in [-0.2, 0) is 4.79 Å². The number of nitrogens with zero attached hydrogens (tertiary/aromatic N) is 2. The summed E-state index contributed by atoms with van der Waals surface area (Å²) in [6, 6.07) is 3.36. The molecule has 2 N–H and O–H groups in total. The topological polar surface area (TPSA) is 83.3 Å². The number of hydrogen-bond acceptors (Lipinski definition) is 6. The van der Waals surface area contributed by atoms with Crippen LogP contribution in [0.2, 0.25) is 0 Å². The lowest BCUT2D eigenvalue weighted by Crippen LogP contribution is -2.20. The maximum Gasteiger partial charge on any atom is 0.185 e. The van der Waals surface area contributed by atoms with E-state index in [-0.39, 0.29) is 5.12 Å². The van der Waals surface area contributed by atoms with Crippen LogP contribution in [0.15, 0.2) is 12.1 Å². The van der Waals surface area contributed by atoms with Crippen molar-refractivity contribution in [3.63, 3.8) is 0 Å². The highest BCUT2D eigenvalue weighted by Gasteiger charge is 2.19. The van der Waals surface area contributed by atoms with Gasteiger partial charge in [-0.05, 0) is 25.5 Å². The highest BCUT2D eigenvalue weighted by Crippen LogP contribution is 2.18. The van der Waals surface area contributed by atoms with Crippen LogP contribution in [0.5, 0.6) is 0 Å². The molecule has 1 heterocycles. The van der Waals surface area contributed by atoms with Crippen LogP contribution in [0.3, 0.4) is 0 Å². The van der Waals surface area contributed by atoms with Crippen LogP contribution in [-0.4, -0.2) is 37.4 Å². The largest absolute Gasteiger partial charge is 0.390 e. The first-order valence-electron chi connectivity index (χ1n) is 5.30. The molecule has 0 aliphatic rings. The Morgan fingerprint density at radius 3 is 2.65 bits per heavy atom. The molecular formula is C11H16N2O3S. The number of thioether (sulfide) groups is 1. The fourth-order valence-electron chi connectivity index (χ4n) is 1.25. The maximum atomic E-state index is 10.7. The quantitative estimate of drug-likeness (QED) is 0.812. The van der Waals surface area contributed by atoms with Crippen molar-refractivity contribution < 1.29 is 15.0 Å². The van der Waals surface area contributed by atoms with Gasteiger partial charge in [-0.2, -0.15) is 10.2 Å². The molecule has 0 amide bonds. The summed E-state index contributed by atoms with van der Waals surface area (Å²) in [5, 5.41) is 27.1. The van der Waals surface area contributed by atoms with Gasteiger partial charge in [0.05, 0.1) is 17.5 Å². The molecule has 0 saturated heterocycles. The Morgan fingerprint density at radius 2 is 2.12 bits per heavy atom. The molecule has 5 nitrogen and oxygen atoms in total. The Hall–Kier alpha value is -0.980. The van der Waals surface area contributed by atoms with E-state index in [9.17, 15) is 15.0 Å². The molecule has 0 radical (unpaired) electrons. The molecule has 0 aliphatic heterocycles. The molecule has 0 aliphatic carbocycles. The number of carbonyl (C=O) groups excluding carboxylic acids is 1. The van der Waals surface area contributed by atoms with Gasteiger partial charge in [-0.15, -0.1) is 0 Å². The van der Waals surface area contributed by atoms with Crippen molar-refractivity contribution in [1.29, 1.82) is 0 Å². The zero-order valence-corrected chi connectivity index (χ0v) is 10.6. The van der Waals surface area contributed by atoms with Crippen LogP contribution in [0.25, 0.3) is 0 Å². The number of aryl methyl sites for hydroxylation is 1. The molecule has 0 saturated carbocycles. The van der Waals surface area contributed by atoms with Crippen molar-refractivity contribution in [2.75, 3.05) is 5.75 Å².